The third kappa shape index (κ3) is 1.47. The fourth-order valence-corrected chi connectivity index (χ4v) is 3.03. The lowest BCUT2D eigenvalue weighted by molar-refractivity contribution is 0.423. The smallest absolute Gasteiger partial charge is 0.00470 e. The lowest BCUT2D eigenvalue weighted by Gasteiger charge is -2.29. The monoisotopic (exact) mass is 188 g/mol. The molecule has 1 fully saturated rings. The van der Waals surface area contributed by atoms with Gasteiger partial charge < -0.3 is 0 Å². The quantitative estimate of drug-likeness (QED) is 0.652. The minimum absolute atomic E-state index is 0.519. The van der Waals surface area contributed by atoms with Gasteiger partial charge in [0.2, 0.25) is 0 Å². The van der Waals surface area contributed by atoms with Crippen molar-refractivity contribution in [3.05, 3.63) is 35.4 Å². The Labute approximate surface area is 87.3 Å². The molecule has 0 saturated heterocycles. The van der Waals surface area contributed by atoms with Crippen LogP contribution in [0.5, 0.6) is 0 Å². The summed E-state index contributed by atoms with van der Waals surface area (Å²) in [4.78, 5) is 0. The van der Waals surface area contributed by atoms with Crippen molar-refractivity contribution >= 4 is 0 Å². The zero-order valence-electron chi connectivity index (χ0n) is 9.34. The topological polar surface area (TPSA) is 0 Å². The highest BCUT2D eigenvalue weighted by Gasteiger charge is 2.34. The summed E-state index contributed by atoms with van der Waals surface area (Å²) in [6, 6.07) is 8.93. The molecular formula is C14H20. The third-order valence-corrected chi connectivity index (χ3v) is 3.95. The van der Waals surface area contributed by atoms with Crippen LogP contribution in [0.3, 0.4) is 0 Å². The van der Waals surface area contributed by atoms with Gasteiger partial charge in [-0.3, -0.25) is 0 Å². The molecule has 0 aromatic heterocycles. The maximum absolute atomic E-state index is 2.34. The molecule has 1 aromatic rings. The number of benzene rings is 1. The molecule has 0 amide bonds. The second kappa shape index (κ2) is 3.76. The van der Waals surface area contributed by atoms with Crippen LogP contribution in [-0.4, -0.2) is 0 Å². The van der Waals surface area contributed by atoms with E-state index in [0.29, 0.717) is 5.41 Å². The van der Waals surface area contributed by atoms with Crippen LogP contribution in [0.15, 0.2) is 24.3 Å². The molecule has 0 spiro atoms. The molecule has 0 heterocycles. The minimum Gasteiger partial charge on any atom is -0.0645 e. The average molecular weight is 188 g/mol. The van der Waals surface area contributed by atoms with E-state index in [4.69, 9.17) is 0 Å². The second-order valence-electron chi connectivity index (χ2n) is 4.66. The number of aryl methyl sites for hydroxylation is 1. The van der Waals surface area contributed by atoms with Crippen molar-refractivity contribution in [2.75, 3.05) is 0 Å². The SMILES string of the molecule is CCC1(c2ccccc2C)CCCC1. The first-order chi connectivity index (χ1) is 6.78. The van der Waals surface area contributed by atoms with Gasteiger partial charge in [0.1, 0.15) is 0 Å². The summed E-state index contributed by atoms with van der Waals surface area (Å²) in [5.74, 6) is 0. The van der Waals surface area contributed by atoms with Gasteiger partial charge in [0.25, 0.3) is 0 Å². The zero-order chi connectivity index (χ0) is 10.0. The maximum atomic E-state index is 2.34. The summed E-state index contributed by atoms with van der Waals surface area (Å²) in [5.41, 5.74) is 3.61. The number of rotatable bonds is 2. The van der Waals surface area contributed by atoms with Crippen LogP contribution >= 0.6 is 0 Å². The molecule has 76 valence electrons. The van der Waals surface area contributed by atoms with Crippen LogP contribution < -0.4 is 0 Å². The molecule has 0 bridgehead atoms. The average Bonchev–Trinajstić information content (AvgIpc) is 2.68. The molecular weight excluding hydrogens is 168 g/mol. The number of hydrogen-bond acceptors (Lipinski definition) is 0. The van der Waals surface area contributed by atoms with Crippen molar-refractivity contribution in [1.82, 2.24) is 0 Å². The van der Waals surface area contributed by atoms with E-state index in [2.05, 4.69) is 38.1 Å². The fraction of sp³-hybridized carbons (Fsp3) is 0.571. The molecule has 0 aliphatic heterocycles. The van der Waals surface area contributed by atoms with E-state index in [1.165, 1.54) is 37.7 Å². The maximum Gasteiger partial charge on any atom is -0.00470 e. The van der Waals surface area contributed by atoms with E-state index in [-0.39, 0.29) is 0 Å². The van der Waals surface area contributed by atoms with E-state index in [0.717, 1.165) is 0 Å². The van der Waals surface area contributed by atoms with Crippen molar-refractivity contribution in [1.29, 1.82) is 0 Å². The molecule has 1 aliphatic rings. The van der Waals surface area contributed by atoms with Gasteiger partial charge in [0, 0.05) is 0 Å². The highest BCUT2D eigenvalue weighted by atomic mass is 14.4. The standard InChI is InChI=1S/C14H20/c1-3-14(10-6-7-11-14)13-9-5-4-8-12(13)2/h4-5,8-9H,3,6-7,10-11H2,1-2H3. The predicted octanol–water partition coefficient (Wildman–Crippen LogP) is 4.22. The Morgan fingerprint density at radius 2 is 1.79 bits per heavy atom. The first kappa shape index (κ1) is 9.76. The highest BCUT2D eigenvalue weighted by molar-refractivity contribution is 5.34. The van der Waals surface area contributed by atoms with Crippen LogP contribution in [-0.2, 0) is 5.41 Å². The van der Waals surface area contributed by atoms with Gasteiger partial charge in [-0.1, -0.05) is 44.0 Å². The molecule has 1 aliphatic carbocycles. The van der Waals surface area contributed by atoms with Gasteiger partial charge >= 0.3 is 0 Å². The van der Waals surface area contributed by atoms with Gasteiger partial charge in [0.05, 0.1) is 0 Å². The highest BCUT2D eigenvalue weighted by Crippen LogP contribution is 2.44. The molecule has 0 unspecified atom stereocenters. The van der Waals surface area contributed by atoms with Crippen LogP contribution in [0.1, 0.15) is 50.2 Å². The minimum atomic E-state index is 0.519. The van der Waals surface area contributed by atoms with Crippen molar-refractivity contribution in [3.63, 3.8) is 0 Å². The van der Waals surface area contributed by atoms with Crippen molar-refractivity contribution < 1.29 is 0 Å². The third-order valence-electron chi connectivity index (χ3n) is 3.95. The molecule has 0 N–H and O–H groups in total. The van der Waals surface area contributed by atoms with Gasteiger partial charge in [-0.15, -0.1) is 0 Å². The van der Waals surface area contributed by atoms with Crippen LogP contribution in [0, 0.1) is 6.92 Å². The van der Waals surface area contributed by atoms with Crippen molar-refractivity contribution in [2.45, 2.75) is 51.4 Å². The molecule has 1 aromatic carbocycles. The Balaban J connectivity index is 2.41. The van der Waals surface area contributed by atoms with Crippen molar-refractivity contribution in [2.24, 2.45) is 0 Å². The Bertz CT molecular complexity index is 306. The van der Waals surface area contributed by atoms with E-state index < -0.39 is 0 Å². The van der Waals surface area contributed by atoms with E-state index in [1.807, 2.05) is 0 Å². The zero-order valence-corrected chi connectivity index (χ0v) is 9.34. The van der Waals surface area contributed by atoms with Gasteiger partial charge in [0.15, 0.2) is 0 Å². The summed E-state index contributed by atoms with van der Waals surface area (Å²) in [5, 5.41) is 0. The van der Waals surface area contributed by atoms with Gasteiger partial charge in [-0.05, 0) is 42.7 Å². The molecule has 1 saturated carbocycles. The summed E-state index contributed by atoms with van der Waals surface area (Å²) in [6.45, 7) is 4.60. The molecule has 14 heavy (non-hydrogen) atoms. The van der Waals surface area contributed by atoms with E-state index in [1.54, 1.807) is 5.56 Å². The molecule has 0 radical (unpaired) electrons. The Morgan fingerprint density at radius 1 is 1.14 bits per heavy atom. The van der Waals surface area contributed by atoms with Crippen LogP contribution in [0.2, 0.25) is 0 Å². The van der Waals surface area contributed by atoms with Gasteiger partial charge in [-0.25, -0.2) is 0 Å². The number of hydrogen-bond donors (Lipinski definition) is 0. The molecule has 0 nitrogen and oxygen atoms in total. The lowest BCUT2D eigenvalue weighted by Crippen LogP contribution is -2.21. The second-order valence-corrected chi connectivity index (χ2v) is 4.66. The van der Waals surface area contributed by atoms with Gasteiger partial charge in [-0.2, -0.15) is 0 Å². The van der Waals surface area contributed by atoms with E-state index >= 15 is 0 Å². The lowest BCUT2D eigenvalue weighted by atomic mass is 9.75. The summed E-state index contributed by atoms with van der Waals surface area (Å²) >= 11 is 0. The molecule has 0 heteroatoms. The van der Waals surface area contributed by atoms with Crippen LogP contribution in [0.4, 0.5) is 0 Å². The molecule has 2 rings (SSSR count). The Hall–Kier alpha value is -0.780. The normalized spacial score (nSPS) is 19.9. The van der Waals surface area contributed by atoms with E-state index in [9.17, 15) is 0 Å². The van der Waals surface area contributed by atoms with Crippen LogP contribution in [0.25, 0.3) is 0 Å². The largest absolute Gasteiger partial charge is 0.0645 e. The Kier molecular flexibility index (Phi) is 2.62. The molecule has 0 atom stereocenters. The summed E-state index contributed by atoms with van der Waals surface area (Å²) in [7, 11) is 0. The summed E-state index contributed by atoms with van der Waals surface area (Å²) < 4.78 is 0. The van der Waals surface area contributed by atoms with Crippen molar-refractivity contribution in [3.8, 4) is 0 Å². The summed E-state index contributed by atoms with van der Waals surface area (Å²) in [6.07, 6.45) is 6.94. The Morgan fingerprint density at radius 3 is 2.36 bits per heavy atom. The first-order valence-electron chi connectivity index (χ1n) is 5.85. The predicted molar refractivity (Wildman–Crippen MR) is 61.6 cm³/mol. The fourth-order valence-electron chi connectivity index (χ4n) is 3.03. The first-order valence-corrected chi connectivity index (χ1v) is 5.85.